The molecule has 0 radical (unpaired) electrons. The molecule has 2 amide bonds. The number of fused-ring (bicyclic) bond motifs is 2. The van der Waals surface area contributed by atoms with E-state index in [1.807, 2.05) is 0 Å². The first-order valence-electron chi connectivity index (χ1n) is 6.16. The summed E-state index contributed by atoms with van der Waals surface area (Å²) in [5.41, 5.74) is 2.57. The lowest BCUT2D eigenvalue weighted by Crippen LogP contribution is -2.38. The summed E-state index contributed by atoms with van der Waals surface area (Å²) in [4.78, 5) is 42.7. The minimum Gasteiger partial charge on any atom is -0.300 e. The predicted molar refractivity (Wildman–Crippen MR) is 70.1 cm³/mol. The Kier molecular flexibility index (Phi) is 2.78. The number of ketones is 1. The normalized spacial score (nSPS) is 14.1. The molecule has 0 unspecified atom stereocenters. The molecule has 3 rings (SSSR count). The van der Waals surface area contributed by atoms with Crippen molar-refractivity contribution >= 4 is 28.6 Å². The second-order valence-electron chi connectivity index (χ2n) is 4.77. The number of hydrogen-bond acceptors (Lipinski definition) is 5. The van der Waals surface area contributed by atoms with Gasteiger partial charge in [0.05, 0.1) is 23.1 Å². The Morgan fingerprint density at radius 2 is 2.05 bits per heavy atom. The van der Waals surface area contributed by atoms with Crippen LogP contribution < -0.4 is 5.32 Å². The monoisotopic (exact) mass is 269 g/mol. The van der Waals surface area contributed by atoms with Gasteiger partial charge in [-0.2, -0.15) is 0 Å². The third-order valence-corrected chi connectivity index (χ3v) is 3.05. The van der Waals surface area contributed by atoms with E-state index >= 15 is 0 Å². The Hall–Kier alpha value is -2.63. The fourth-order valence-corrected chi connectivity index (χ4v) is 2.22. The molecule has 0 spiro atoms. The van der Waals surface area contributed by atoms with Crippen molar-refractivity contribution in [2.45, 2.75) is 19.8 Å². The van der Waals surface area contributed by atoms with Crippen LogP contribution in [0, 0.1) is 0 Å². The zero-order valence-electron chi connectivity index (χ0n) is 10.8. The Balaban J connectivity index is 2.13. The number of Topliss-reactive ketones (excluding diaryl/α,β-unsaturated/α-hetero) is 1. The molecule has 0 fully saturated rings. The van der Waals surface area contributed by atoms with E-state index in [9.17, 15) is 14.4 Å². The lowest BCUT2D eigenvalue weighted by Gasteiger charge is -2.14. The van der Waals surface area contributed by atoms with Crippen LogP contribution in [0.1, 0.15) is 28.7 Å². The van der Waals surface area contributed by atoms with Crippen LogP contribution in [-0.2, 0) is 22.4 Å². The van der Waals surface area contributed by atoms with E-state index in [-0.39, 0.29) is 23.8 Å². The molecule has 1 aliphatic rings. The number of nitrogens with zero attached hydrogens (tertiary/aromatic N) is 2. The van der Waals surface area contributed by atoms with Crippen LogP contribution in [0.2, 0.25) is 0 Å². The maximum Gasteiger partial charge on any atom is 0.278 e. The summed E-state index contributed by atoms with van der Waals surface area (Å²) in [5, 5.41) is 2.21. The summed E-state index contributed by atoms with van der Waals surface area (Å²) < 4.78 is 0. The third-order valence-electron chi connectivity index (χ3n) is 3.05. The number of carbonyl (C=O) groups excluding carboxylic acids is 3. The van der Waals surface area contributed by atoms with E-state index in [0.717, 1.165) is 5.56 Å². The lowest BCUT2D eigenvalue weighted by molar-refractivity contribution is -0.120. The van der Waals surface area contributed by atoms with E-state index in [1.165, 1.54) is 6.92 Å². The van der Waals surface area contributed by atoms with Crippen LogP contribution in [0.15, 0.2) is 18.2 Å². The van der Waals surface area contributed by atoms with Crippen molar-refractivity contribution in [3.8, 4) is 0 Å². The smallest absolute Gasteiger partial charge is 0.278 e. The van der Waals surface area contributed by atoms with Crippen molar-refractivity contribution in [2.75, 3.05) is 0 Å². The maximum absolute atomic E-state index is 11.7. The van der Waals surface area contributed by atoms with E-state index < -0.39 is 5.91 Å². The molecule has 1 aromatic heterocycles. The number of benzene rings is 1. The highest BCUT2D eigenvalue weighted by Crippen LogP contribution is 2.18. The first-order valence-corrected chi connectivity index (χ1v) is 6.16. The van der Waals surface area contributed by atoms with Gasteiger partial charge < -0.3 is 0 Å². The first kappa shape index (κ1) is 12.4. The molecular weight excluding hydrogens is 258 g/mol. The minimum absolute atomic E-state index is 0.0426. The van der Waals surface area contributed by atoms with Crippen molar-refractivity contribution in [3.63, 3.8) is 0 Å². The number of nitrogens with one attached hydrogen (secondary N) is 1. The van der Waals surface area contributed by atoms with Crippen LogP contribution in [0.5, 0.6) is 0 Å². The molecule has 2 heterocycles. The molecule has 6 nitrogen and oxygen atoms in total. The maximum atomic E-state index is 11.7. The number of carbonyl (C=O) groups is 3. The van der Waals surface area contributed by atoms with Crippen molar-refractivity contribution in [3.05, 3.63) is 35.2 Å². The topological polar surface area (TPSA) is 89.0 Å². The number of rotatable bonds is 2. The SMILES string of the molecule is CC(=O)Cc1ccc2nc3c(nc2c1)CC(=O)NC3=O. The molecule has 1 aliphatic heterocycles. The van der Waals surface area contributed by atoms with Crippen LogP contribution in [0.25, 0.3) is 11.0 Å². The largest absolute Gasteiger partial charge is 0.300 e. The molecule has 2 aromatic rings. The molecule has 0 aliphatic carbocycles. The van der Waals surface area contributed by atoms with Gasteiger partial charge in [-0.3, -0.25) is 19.7 Å². The molecule has 0 saturated carbocycles. The van der Waals surface area contributed by atoms with Gasteiger partial charge in [-0.05, 0) is 24.6 Å². The van der Waals surface area contributed by atoms with Gasteiger partial charge >= 0.3 is 0 Å². The van der Waals surface area contributed by atoms with Gasteiger partial charge in [-0.15, -0.1) is 0 Å². The third kappa shape index (κ3) is 2.16. The van der Waals surface area contributed by atoms with Gasteiger partial charge in [0.2, 0.25) is 5.91 Å². The summed E-state index contributed by atoms with van der Waals surface area (Å²) in [6.07, 6.45) is 0.370. The van der Waals surface area contributed by atoms with Crippen LogP contribution in [-0.4, -0.2) is 27.6 Å². The summed E-state index contributed by atoms with van der Waals surface area (Å²) in [7, 11) is 0. The molecule has 1 N–H and O–H groups in total. The Bertz CT molecular complexity index is 768. The van der Waals surface area contributed by atoms with Crippen molar-refractivity contribution in [1.29, 1.82) is 0 Å². The fourth-order valence-electron chi connectivity index (χ4n) is 2.22. The lowest BCUT2D eigenvalue weighted by atomic mass is 10.1. The summed E-state index contributed by atoms with van der Waals surface area (Å²) in [6.45, 7) is 1.52. The zero-order chi connectivity index (χ0) is 14.3. The van der Waals surface area contributed by atoms with E-state index in [4.69, 9.17) is 0 Å². The number of amides is 2. The Labute approximate surface area is 114 Å². The number of hydrogen-bond donors (Lipinski definition) is 1. The second kappa shape index (κ2) is 4.48. The average Bonchev–Trinajstić information content (AvgIpc) is 2.35. The van der Waals surface area contributed by atoms with Gasteiger partial charge in [0.1, 0.15) is 5.78 Å². The highest BCUT2D eigenvalue weighted by Gasteiger charge is 2.25. The van der Waals surface area contributed by atoms with Crippen molar-refractivity contribution in [2.24, 2.45) is 0 Å². The van der Waals surface area contributed by atoms with Gasteiger partial charge in [-0.1, -0.05) is 6.07 Å². The number of aromatic nitrogens is 2. The molecule has 20 heavy (non-hydrogen) atoms. The second-order valence-corrected chi connectivity index (χ2v) is 4.77. The van der Waals surface area contributed by atoms with E-state index in [2.05, 4.69) is 15.3 Å². The number of imide groups is 1. The summed E-state index contributed by atoms with van der Waals surface area (Å²) in [6, 6.07) is 5.28. The Morgan fingerprint density at radius 1 is 1.25 bits per heavy atom. The van der Waals surface area contributed by atoms with Crippen molar-refractivity contribution < 1.29 is 14.4 Å². The molecular formula is C14H11N3O3. The van der Waals surface area contributed by atoms with Gasteiger partial charge in [0.25, 0.3) is 5.91 Å². The van der Waals surface area contributed by atoms with Gasteiger partial charge in [0.15, 0.2) is 5.69 Å². The molecule has 6 heteroatoms. The van der Waals surface area contributed by atoms with E-state index in [0.29, 0.717) is 23.1 Å². The summed E-state index contributed by atoms with van der Waals surface area (Å²) >= 11 is 0. The van der Waals surface area contributed by atoms with Crippen molar-refractivity contribution in [1.82, 2.24) is 15.3 Å². The van der Waals surface area contributed by atoms with Gasteiger partial charge in [0, 0.05) is 6.42 Å². The van der Waals surface area contributed by atoms with Crippen LogP contribution >= 0.6 is 0 Å². The van der Waals surface area contributed by atoms with Crippen LogP contribution in [0.4, 0.5) is 0 Å². The van der Waals surface area contributed by atoms with Gasteiger partial charge in [-0.25, -0.2) is 9.97 Å². The average molecular weight is 269 g/mol. The molecule has 0 saturated heterocycles. The first-order chi connectivity index (χ1) is 9.52. The zero-order valence-corrected chi connectivity index (χ0v) is 10.8. The molecule has 0 bridgehead atoms. The minimum atomic E-state index is -0.515. The van der Waals surface area contributed by atoms with Crippen LogP contribution in [0.3, 0.4) is 0 Å². The Morgan fingerprint density at radius 3 is 2.80 bits per heavy atom. The predicted octanol–water partition coefficient (Wildman–Crippen LogP) is 0.574. The summed E-state index contributed by atoms with van der Waals surface area (Å²) in [5.74, 6) is -0.834. The quantitative estimate of drug-likeness (QED) is 0.805. The molecule has 1 aromatic carbocycles. The highest BCUT2D eigenvalue weighted by atomic mass is 16.2. The fraction of sp³-hybridized carbons (Fsp3) is 0.214. The van der Waals surface area contributed by atoms with E-state index in [1.54, 1.807) is 18.2 Å². The standard InChI is InChI=1S/C14H11N3O3/c1-7(18)4-8-2-3-9-10(5-8)15-11-6-12(19)17-14(20)13(11)16-9/h2-3,5H,4,6H2,1H3,(H,17,19,20). The highest BCUT2D eigenvalue weighted by molar-refractivity contribution is 6.08. The molecule has 0 atom stereocenters. The molecule has 100 valence electrons.